The summed E-state index contributed by atoms with van der Waals surface area (Å²) >= 11 is 0. The van der Waals surface area contributed by atoms with E-state index in [-0.39, 0.29) is 11.8 Å². The monoisotopic (exact) mass is 443 g/mol. The summed E-state index contributed by atoms with van der Waals surface area (Å²) in [6, 6.07) is 15.6. The Morgan fingerprint density at radius 2 is 1.77 bits per heavy atom. The first kappa shape index (κ1) is 23.4. The second-order valence-electron chi connectivity index (χ2n) is 8.46. The molecule has 31 heavy (non-hydrogen) atoms. The summed E-state index contributed by atoms with van der Waals surface area (Å²) in [5.74, 6) is -0.110. The van der Waals surface area contributed by atoms with Crippen molar-refractivity contribution in [2.75, 3.05) is 33.2 Å². The number of hydrogen-bond donors (Lipinski definition) is 1. The van der Waals surface area contributed by atoms with E-state index in [0.717, 1.165) is 24.2 Å². The van der Waals surface area contributed by atoms with Crippen LogP contribution in [0.25, 0.3) is 0 Å². The lowest BCUT2D eigenvalue weighted by Crippen LogP contribution is -2.44. The summed E-state index contributed by atoms with van der Waals surface area (Å²) in [4.78, 5) is 15.1. The lowest BCUT2D eigenvalue weighted by atomic mass is 9.97. The highest BCUT2D eigenvalue weighted by atomic mass is 32.2. The Labute approximate surface area is 186 Å². The molecule has 0 bridgehead atoms. The van der Waals surface area contributed by atoms with Crippen LogP contribution in [-0.4, -0.2) is 56.8 Å². The van der Waals surface area contributed by atoms with Gasteiger partial charge in [-0.3, -0.25) is 4.79 Å². The Hall–Kier alpha value is -2.22. The molecule has 1 N–H and O–H groups in total. The molecule has 3 rings (SSSR count). The van der Waals surface area contributed by atoms with E-state index in [4.69, 9.17) is 0 Å². The summed E-state index contributed by atoms with van der Waals surface area (Å²) in [5.41, 5.74) is 3.05. The number of carbonyl (C=O) groups is 1. The smallest absolute Gasteiger partial charge is 0.243 e. The number of amides is 1. The van der Waals surface area contributed by atoms with E-state index < -0.39 is 10.0 Å². The van der Waals surface area contributed by atoms with Gasteiger partial charge in [-0.05, 0) is 50.9 Å². The number of nitrogens with one attached hydrogen (secondary N) is 1. The fraction of sp³-hybridized carbons (Fsp3) is 0.458. The number of aryl methyl sites for hydroxylation is 2. The van der Waals surface area contributed by atoms with Crippen molar-refractivity contribution in [3.05, 3.63) is 65.2 Å². The van der Waals surface area contributed by atoms with Gasteiger partial charge in [-0.1, -0.05) is 48.0 Å². The predicted molar refractivity (Wildman–Crippen MR) is 123 cm³/mol. The molecule has 1 aliphatic rings. The Bertz CT molecular complexity index is 984. The highest BCUT2D eigenvalue weighted by Crippen LogP contribution is 2.26. The molecule has 1 heterocycles. The van der Waals surface area contributed by atoms with Crippen molar-refractivity contribution in [2.45, 2.75) is 38.1 Å². The first-order valence-electron chi connectivity index (χ1n) is 10.8. The Morgan fingerprint density at radius 3 is 2.42 bits per heavy atom. The molecule has 0 aromatic heterocycles. The van der Waals surface area contributed by atoms with Gasteiger partial charge in [0, 0.05) is 38.6 Å². The summed E-state index contributed by atoms with van der Waals surface area (Å²) in [7, 11) is -1.48. The minimum Gasteiger partial charge on any atom is -0.355 e. The molecule has 6 nitrogen and oxygen atoms in total. The van der Waals surface area contributed by atoms with Gasteiger partial charge < -0.3 is 10.2 Å². The van der Waals surface area contributed by atoms with Gasteiger partial charge in [-0.15, -0.1) is 0 Å². The molecule has 0 unspecified atom stereocenters. The fourth-order valence-electron chi connectivity index (χ4n) is 4.07. The molecule has 0 atom stereocenters. The number of likely N-dealkylation sites (N-methyl/N-ethyl adjacent to an activating group) is 1. The fourth-order valence-corrected chi connectivity index (χ4v) is 5.75. The van der Waals surface area contributed by atoms with E-state index in [9.17, 15) is 13.2 Å². The number of carbonyl (C=O) groups excluding carboxylic acids is 1. The van der Waals surface area contributed by atoms with E-state index in [0.29, 0.717) is 37.4 Å². The molecule has 0 aliphatic carbocycles. The summed E-state index contributed by atoms with van der Waals surface area (Å²) < 4.78 is 27.5. The molecule has 0 saturated carbocycles. The van der Waals surface area contributed by atoms with Crippen molar-refractivity contribution < 1.29 is 13.2 Å². The van der Waals surface area contributed by atoms with Crippen LogP contribution < -0.4 is 5.32 Å². The van der Waals surface area contributed by atoms with Crippen molar-refractivity contribution in [2.24, 2.45) is 5.92 Å². The molecule has 168 valence electrons. The highest BCUT2D eigenvalue weighted by Gasteiger charge is 2.32. The summed E-state index contributed by atoms with van der Waals surface area (Å²) in [6.07, 6.45) is 1.10. The number of sulfonamides is 1. The number of benzene rings is 2. The van der Waals surface area contributed by atoms with Gasteiger partial charge in [0.15, 0.2) is 0 Å². The third-order valence-electron chi connectivity index (χ3n) is 5.86. The first-order chi connectivity index (χ1) is 14.8. The molecule has 0 spiro atoms. The lowest BCUT2D eigenvalue weighted by molar-refractivity contribution is -0.126. The minimum atomic E-state index is -3.52. The van der Waals surface area contributed by atoms with Crippen LogP contribution in [0.2, 0.25) is 0 Å². The van der Waals surface area contributed by atoms with Crippen LogP contribution in [0, 0.1) is 19.8 Å². The van der Waals surface area contributed by atoms with E-state index in [2.05, 4.69) is 22.3 Å². The van der Waals surface area contributed by atoms with Gasteiger partial charge in [0.05, 0.1) is 4.90 Å². The van der Waals surface area contributed by atoms with Crippen LogP contribution in [0.5, 0.6) is 0 Å². The van der Waals surface area contributed by atoms with Crippen molar-refractivity contribution in [3.8, 4) is 0 Å². The molecule has 1 amide bonds. The quantitative estimate of drug-likeness (QED) is 0.681. The van der Waals surface area contributed by atoms with Crippen LogP contribution in [-0.2, 0) is 21.4 Å². The van der Waals surface area contributed by atoms with Crippen LogP contribution in [0.15, 0.2) is 53.4 Å². The van der Waals surface area contributed by atoms with Crippen LogP contribution in [0.3, 0.4) is 0 Å². The van der Waals surface area contributed by atoms with Gasteiger partial charge in [0.25, 0.3) is 0 Å². The van der Waals surface area contributed by atoms with Crippen molar-refractivity contribution in [1.29, 1.82) is 0 Å². The average molecular weight is 444 g/mol. The van der Waals surface area contributed by atoms with Crippen molar-refractivity contribution in [1.82, 2.24) is 14.5 Å². The standard InChI is InChI=1S/C24H33N3O3S/c1-19-9-10-23(20(2)17-19)31(29,30)27-14-11-22(12-15-27)24(28)25-13-16-26(3)18-21-7-5-4-6-8-21/h4-10,17,22H,11-16,18H2,1-3H3,(H,25,28). The molecular weight excluding hydrogens is 410 g/mol. The Balaban J connectivity index is 1.45. The molecule has 2 aromatic carbocycles. The first-order valence-corrected chi connectivity index (χ1v) is 12.3. The highest BCUT2D eigenvalue weighted by molar-refractivity contribution is 7.89. The average Bonchev–Trinajstić information content (AvgIpc) is 2.74. The lowest BCUT2D eigenvalue weighted by Gasteiger charge is -2.31. The Morgan fingerprint density at radius 1 is 1.10 bits per heavy atom. The zero-order valence-corrected chi connectivity index (χ0v) is 19.5. The van der Waals surface area contributed by atoms with Gasteiger partial charge >= 0.3 is 0 Å². The molecule has 0 radical (unpaired) electrons. The largest absolute Gasteiger partial charge is 0.355 e. The van der Waals surface area contributed by atoms with Gasteiger partial charge in [0.1, 0.15) is 0 Å². The van der Waals surface area contributed by atoms with Crippen LogP contribution in [0.1, 0.15) is 29.5 Å². The third kappa shape index (κ3) is 6.15. The molecular formula is C24H33N3O3S. The van der Waals surface area contributed by atoms with Crippen LogP contribution >= 0.6 is 0 Å². The molecule has 7 heteroatoms. The van der Waals surface area contributed by atoms with Crippen LogP contribution in [0.4, 0.5) is 0 Å². The molecule has 1 saturated heterocycles. The van der Waals surface area contributed by atoms with Gasteiger partial charge in [-0.2, -0.15) is 4.31 Å². The normalized spacial score (nSPS) is 15.9. The second kappa shape index (κ2) is 10.4. The minimum absolute atomic E-state index is 0.0247. The van der Waals surface area contributed by atoms with E-state index in [1.165, 1.54) is 9.87 Å². The van der Waals surface area contributed by atoms with Gasteiger partial charge in [0.2, 0.25) is 15.9 Å². The van der Waals surface area contributed by atoms with E-state index in [1.54, 1.807) is 6.07 Å². The maximum Gasteiger partial charge on any atom is 0.243 e. The maximum atomic E-state index is 13.0. The zero-order chi connectivity index (χ0) is 22.4. The molecule has 1 aliphatic heterocycles. The van der Waals surface area contributed by atoms with E-state index in [1.807, 2.05) is 51.2 Å². The SMILES string of the molecule is Cc1ccc(S(=O)(=O)N2CCC(C(=O)NCCN(C)Cc3ccccc3)CC2)c(C)c1. The zero-order valence-electron chi connectivity index (χ0n) is 18.7. The topological polar surface area (TPSA) is 69.7 Å². The number of piperidine rings is 1. The van der Waals surface area contributed by atoms with E-state index >= 15 is 0 Å². The number of nitrogens with zero attached hydrogens (tertiary/aromatic N) is 2. The second-order valence-corrected chi connectivity index (χ2v) is 10.4. The van der Waals surface area contributed by atoms with Gasteiger partial charge in [-0.25, -0.2) is 8.42 Å². The summed E-state index contributed by atoms with van der Waals surface area (Å²) in [6.45, 7) is 6.72. The number of hydrogen-bond acceptors (Lipinski definition) is 4. The van der Waals surface area contributed by atoms with Crippen molar-refractivity contribution in [3.63, 3.8) is 0 Å². The predicted octanol–water partition coefficient (Wildman–Crippen LogP) is 2.95. The third-order valence-corrected chi connectivity index (χ3v) is 7.92. The molecule has 2 aromatic rings. The van der Waals surface area contributed by atoms with Crippen molar-refractivity contribution >= 4 is 15.9 Å². The Kier molecular flexibility index (Phi) is 7.86. The number of rotatable bonds is 8. The summed E-state index contributed by atoms with van der Waals surface area (Å²) in [5, 5.41) is 3.02. The maximum absolute atomic E-state index is 13.0. The molecule has 1 fully saturated rings.